The van der Waals surface area contributed by atoms with E-state index in [1.165, 1.54) is 0 Å². The zero-order chi connectivity index (χ0) is 14.1. The molecule has 3 rings (SSSR count). The summed E-state index contributed by atoms with van der Waals surface area (Å²) in [6.45, 7) is 3.88. The summed E-state index contributed by atoms with van der Waals surface area (Å²) in [6, 6.07) is 11.4. The number of hydrogen-bond acceptors (Lipinski definition) is 3. The van der Waals surface area contributed by atoms with Gasteiger partial charge in [0, 0.05) is 34.6 Å². The number of aryl methyl sites for hydroxylation is 2. The second-order valence-electron chi connectivity index (χ2n) is 4.94. The van der Waals surface area contributed by atoms with Gasteiger partial charge in [0.05, 0.1) is 5.52 Å². The number of nitrogens with zero attached hydrogens (tertiary/aromatic N) is 2. The van der Waals surface area contributed by atoms with Gasteiger partial charge in [0.15, 0.2) is 5.78 Å². The third kappa shape index (κ3) is 2.30. The van der Waals surface area contributed by atoms with Crippen molar-refractivity contribution in [1.82, 2.24) is 9.97 Å². The van der Waals surface area contributed by atoms with Crippen molar-refractivity contribution in [1.29, 1.82) is 0 Å². The minimum atomic E-state index is -0.0105. The predicted molar refractivity (Wildman–Crippen MR) is 78.9 cm³/mol. The molecule has 0 radical (unpaired) electrons. The molecule has 0 atom stereocenters. The summed E-state index contributed by atoms with van der Waals surface area (Å²) in [6.07, 6.45) is 3.34. The highest BCUT2D eigenvalue weighted by molar-refractivity contribution is 6.10. The molecule has 0 saturated heterocycles. The van der Waals surface area contributed by atoms with Gasteiger partial charge < -0.3 is 0 Å². The molecule has 2 aromatic heterocycles. The van der Waals surface area contributed by atoms with Crippen molar-refractivity contribution in [3.05, 3.63) is 71.2 Å². The van der Waals surface area contributed by atoms with Crippen LogP contribution in [0.3, 0.4) is 0 Å². The summed E-state index contributed by atoms with van der Waals surface area (Å²) < 4.78 is 0. The Bertz CT molecular complexity index is 809. The summed E-state index contributed by atoms with van der Waals surface area (Å²) in [4.78, 5) is 21.0. The van der Waals surface area contributed by atoms with E-state index in [2.05, 4.69) is 9.97 Å². The smallest absolute Gasteiger partial charge is 0.194 e. The van der Waals surface area contributed by atoms with Crippen molar-refractivity contribution >= 4 is 16.7 Å². The van der Waals surface area contributed by atoms with Crippen LogP contribution in [0.15, 0.2) is 48.8 Å². The van der Waals surface area contributed by atoms with Crippen LogP contribution in [0.25, 0.3) is 10.9 Å². The van der Waals surface area contributed by atoms with Gasteiger partial charge in [-0.25, -0.2) is 0 Å². The third-order valence-electron chi connectivity index (χ3n) is 3.23. The first-order chi connectivity index (χ1) is 9.63. The summed E-state index contributed by atoms with van der Waals surface area (Å²) in [5.41, 5.74) is 4.14. The van der Waals surface area contributed by atoms with E-state index in [1.54, 1.807) is 12.4 Å². The Hall–Kier alpha value is -2.55. The van der Waals surface area contributed by atoms with Gasteiger partial charge in [-0.1, -0.05) is 6.07 Å². The maximum absolute atomic E-state index is 12.4. The van der Waals surface area contributed by atoms with Crippen LogP contribution in [-0.4, -0.2) is 15.8 Å². The average Bonchev–Trinajstić information content (AvgIpc) is 2.46. The minimum absolute atomic E-state index is 0.0105. The predicted octanol–water partition coefficient (Wildman–Crippen LogP) is 3.48. The normalized spacial score (nSPS) is 10.7. The van der Waals surface area contributed by atoms with Crippen LogP contribution in [0.2, 0.25) is 0 Å². The topological polar surface area (TPSA) is 42.9 Å². The van der Waals surface area contributed by atoms with Gasteiger partial charge in [0.25, 0.3) is 0 Å². The third-order valence-corrected chi connectivity index (χ3v) is 3.23. The molecule has 1 aromatic carbocycles. The Labute approximate surface area is 117 Å². The second-order valence-corrected chi connectivity index (χ2v) is 4.94. The molecule has 3 nitrogen and oxygen atoms in total. The maximum atomic E-state index is 12.4. The summed E-state index contributed by atoms with van der Waals surface area (Å²) in [5.74, 6) is -0.0105. The molecular formula is C17H14N2O. The van der Waals surface area contributed by atoms with Gasteiger partial charge in [-0.05, 0) is 49.7 Å². The van der Waals surface area contributed by atoms with E-state index in [0.29, 0.717) is 11.1 Å². The number of carbonyl (C=O) groups is 1. The zero-order valence-electron chi connectivity index (χ0n) is 11.4. The van der Waals surface area contributed by atoms with E-state index in [9.17, 15) is 4.79 Å². The first-order valence-electron chi connectivity index (χ1n) is 6.47. The van der Waals surface area contributed by atoms with Crippen molar-refractivity contribution in [2.45, 2.75) is 13.8 Å². The van der Waals surface area contributed by atoms with E-state index in [1.807, 2.05) is 50.2 Å². The van der Waals surface area contributed by atoms with Gasteiger partial charge in [0.2, 0.25) is 0 Å². The first kappa shape index (κ1) is 12.5. The van der Waals surface area contributed by atoms with Crippen LogP contribution in [-0.2, 0) is 0 Å². The SMILES string of the molecule is Cc1cncc(C(=O)c2ccc3nc(C)ccc3c2)c1. The number of carbonyl (C=O) groups excluding carboxylic acids is 1. The molecule has 0 bridgehead atoms. The van der Waals surface area contributed by atoms with Gasteiger partial charge in [0.1, 0.15) is 0 Å². The molecule has 0 N–H and O–H groups in total. The molecule has 0 aliphatic heterocycles. The Kier molecular flexibility index (Phi) is 3.03. The number of rotatable bonds is 2. The number of aromatic nitrogens is 2. The van der Waals surface area contributed by atoms with Crippen LogP contribution >= 0.6 is 0 Å². The number of pyridine rings is 2. The van der Waals surface area contributed by atoms with E-state index >= 15 is 0 Å². The van der Waals surface area contributed by atoms with Crippen LogP contribution in [0.1, 0.15) is 27.2 Å². The highest BCUT2D eigenvalue weighted by Gasteiger charge is 2.10. The summed E-state index contributed by atoms with van der Waals surface area (Å²) >= 11 is 0. The zero-order valence-corrected chi connectivity index (χ0v) is 11.4. The van der Waals surface area contributed by atoms with E-state index < -0.39 is 0 Å². The molecule has 0 amide bonds. The van der Waals surface area contributed by atoms with Crippen LogP contribution in [0.5, 0.6) is 0 Å². The Balaban J connectivity index is 2.06. The number of ketones is 1. The van der Waals surface area contributed by atoms with E-state index in [-0.39, 0.29) is 5.78 Å². The minimum Gasteiger partial charge on any atom is -0.289 e. The molecule has 0 spiro atoms. The lowest BCUT2D eigenvalue weighted by Gasteiger charge is -2.04. The van der Waals surface area contributed by atoms with Gasteiger partial charge >= 0.3 is 0 Å². The van der Waals surface area contributed by atoms with Crippen molar-refractivity contribution in [3.63, 3.8) is 0 Å². The standard InChI is InChI=1S/C17H14N2O/c1-11-7-15(10-18-9-11)17(20)14-5-6-16-13(8-14)4-3-12(2)19-16/h3-10H,1-2H3. The Morgan fingerprint density at radius 1 is 0.950 bits per heavy atom. The van der Waals surface area contributed by atoms with Gasteiger partial charge in [-0.3, -0.25) is 14.8 Å². The summed E-state index contributed by atoms with van der Waals surface area (Å²) in [7, 11) is 0. The van der Waals surface area contributed by atoms with Crippen molar-refractivity contribution in [2.75, 3.05) is 0 Å². The molecule has 0 unspecified atom stereocenters. The number of benzene rings is 1. The highest BCUT2D eigenvalue weighted by atomic mass is 16.1. The van der Waals surface area contributed by atoms with Crippen molar-refractivity contribution in [3.8, 4) is 0 Å². The van der Waals surface area contributed by atoms with Gasteiger partial charge in [-0.15, -0.1) is 0 Å². The fourth-order valence-electron chi connectivity index (χ4n) is 2.21. The number of hydrogen-bond donors (Lipinski definition) is 0. The first-order valence-corrected chi connectivity index (χ1v) is 6.47. The fraction of sp³-hybridized carbons (Fsp3) is 0.118. The lowest BCUT2D eigenvalue weighted by atomic mass is 10.0. The van der Waals surface area contributed by atoms with E-state index in [0.717, 1.165) is 22.2 Å². The second kappa shape index (κ2) is 4.85. The molecule has 0 aliphatic carbocycles. The average molecular weight is 262 g/mol. The molecule has 0 fully saturated rings. The molecule has 98 valence electrons. The molecule has 20 heavy (non-hydrogen) atoms. The molecule has 3 heteroatoms. The number of fused-ring (bicyclic) bond motifs is 1. The lowest BCUT2D eigenvalue weighted by molar-refractivity contribution is 0.103. The van der Waals surface area contributed by atoms with E-state index in [4.69, 9.17) is 0 Å². The quantitative estimate of drug-likeness (QED) is 0.664. The Morgan fingerprint density at radius 2 is 1.80 bits per heavy atom. The molecule has 0 aliphatic rings. The maximum Gasteiger partial charge on any atom is 0.194 e. The molecular weight excluding hydrogens is 248 g/mol. The largest absolute Gasteiger partial charge is 0.289 e. The van der Waals surface area contributed by atoms with Crippen molar-refractivity contribution < 1.29 is 4.79 Å². The monoisotopic (exact) mass is 262 g/mol. The van der Waals surface area contributed by atoms with Crippen LogP contribution in [0.4, 0.5) is 0 Å². The summed E-state index contributed by atoms with van der Waals surface area (Å²) in [5, 5.41) is 0.974. The van der Waals surface area contributed by atoms with Crippen LogP contribution < -0.4 is 0 Å². The van der Waals surface area contributed by atoms with Gasteiger partial charge in [-0.2, -0.15) is 0 Å². The lowest BCUT2D eigenvalue weighted by Crippen LogP contribution is -2.02. The highest BCUT2D eigenvalue weighted by Crippen LogP contribution is 2.17. The van der Waals surface area contributed by atoms with Crippen LogP contribution in [0, 0.1) is 13.8 Å². The molecule has 2 heterocycles. The fourth-order valence-corrected chi connectivity index (χ4v) is 2.21. The Morgan fingerprint density at radius 3 is 2.60 bits per heavy atom. The molecule has 0 saturated carbocycles. The van der Waals surface area contributed by atoms with Crippen molar-refractivity contribution in [2.24, 2.45) is 0 Å². The molecule has 3 aromatic rings.